The molecule has 0 aromatic heterocycles. The molecule has 5 heteroatoms. The van der Waals surface area contributed by atoms with Crippen molar-refractivity contribution in [2.24, 2.45) is 0 Å². The fourth-order valence-corrected chi connectivity index (χ4v) is 2.89. The minimum Gasteiger partial charge on any atom is -0.491 e. The molecule has 2 aromatic carbocycles. The largest absolute Gasteiger partial charge is 0.491 e. The number of rotatable bonds is 13. The Morgan fingerprint density at radius 1 is 1.10 bits per heavy atom. The van der Waals surface area contributed by atoms with Gasteiger partial charge in [-0.05, 0) is 56.0 Å². The monoisotopic (exact) mass is 398 g/mol. The number of hydrogen-bond acceptors (Lipinski definition) is 4. The van der Waals surface area contributed by atoms with Crippen LogP contribution in [-0.4, -0.2) is 42.9 Å². The molecule has 0 heterocycles. The zero-order valence-electron chi connectivity index (χ0n) is 17.6. The Hall–Kier alpha value is -2.37. The van der Waals surface area contributed by atoms with Crippen LogP contribution < -0.4 is 15.4 Å². The molecule has 0 unspecified atom stereocenters. The van der Waals surface area contributed by atoms with Crippen molar-refractivity contribution < 1.29 is 14.6 Å². The number of para-hydroxylation sites is 1. The van der Waals surface area contributed by atoms with Gasteiger partial charge in [-0.1, -0.05) is 43.7 Å². The van der Waals surface area contributed by atoms with Gasteiger partial charge in [0.15, 0.2) is 0 Å². The molecule has 1 amide bonds. The second-order valence-electron chi connectivity index (χ2n) is 7.43. The number of unbranched alkanes of at least 4 members (excludes halogenated alkanes) is 1. The molecule has 2 aromatic rings. The van der Waals surface area contributed by atoms with E-state index in [0.29, 0.717) is 12.1 Å². The van der Waals surface area contributed by atoms with E-state index in [2.05, 4.69) is 24.5 Å². The number of hydrogen-bond donors (Lipinski definition) is 3. The van der Waals surface area contributed by atoms with Gasteiger partial charge in [0.1, 0.15) is 18.5 Å². The van der Waals surface area contributed by atoms with E-state index in [1.807, 2.05) is 54.6 Å². The molecule has 0 spiro atoms. The van der Waals surface area contributed by atoms with Crippen LogP contribution in [0.25, 0.3) is 0 Å². The van der Waals surface area contributed by atoms with Crippen LogP contribution in [0.5, 0.6) is 5.75 Å². The molecule has 0 aliphatic rings. The maximum atomic E-state index is 12.0. The second-order valence-corrected chi connectivity index (χ2v) is 7.43. The predicted molar refractivity (Wildman–Crippen MR) is 117 cm³/mol. The van der Waals surface area contributed by atoms with Gasteiger partial charge in [0.05, 0.1) is 0 Å². The molecule has 2 atom stereocenters. The van der Waals surface area contributed by atoms with Crippen molar-refractivity contribution in [2.45, 2.75) is 51.7 Å². The lowest BCUT2D eigenvalue weighted by molar-refractivity contribution is 0.0953. The fraction of sp³-hybridized carbons (Fsp3) is 0.458. The minimum atomic E-state index is -0.553. The van der Waals surface area contributed by atoms with Gasteiger partial charge >= 0.3 is 0 Å². The van der Waals surface area contributed by atoms with E-state index in [1.165, 1.54) is 5.56 Å². The molecule has 158 valence electrons. The third-order valence-corrected chi connectivity index (χ3v) is 4.79. The van der Waals surface area contributed by atoms with Crippen molar-refractivity contribution in [2.75, 3.05) is 19.7 Å². The van der Waals surface area contributed by atoms with Gasteiger partial charge in [-0.15, -0.1) is 0 Å². The van der Waals surface area contributed by atoms with E-state index < -0.39 is 6.10 Å². The van der Waals surface area contributed by atoms with Crippen LogP contribution in [0.3, 0.4) is 0 Å². The van der Waals surface area contributed by atoms with Crippen LogP contribution in [0.1, 0.15) is 49.0 Å². The van der Waals surface area contributed by atoms with Crippen LogP contribution in [-0.2, 0) is 6.42 Å². The summed E-state index contributed by atoms with van der Waals surface area (Å²) in [6.07, 6.45) is 3.39. The second kappa shape index (κ2) is 13.0. The highest BCUT2D eigenvalue weighted by Crippen LogP contribution is 2.10. The zero-order valence-corrected chi connectivity index (χ0v) is 17.6. The summed E-state index contributed by atoms with van der Waals surface area (Å²) in [5.74, 6) is 0.758. The van der Waals surface area contributed by atoms with E-state index in [9.17, 15) is 9.90 Å². The van der Waals surface area contributed by atoms with Crippen LogP contribution in [0.4, 0.5) is 0 Å². The summed E-state index contributed by atoms with van der Waals surface area (Å²) < 4.78 is 5.57. The van der Waals surface area contributed by atoms with Gasteiger partial charge < -0.3 is 20.5 Å². The zero-order chi connectivity index (χ0) is 20.9. The topological polar surface area (TPSA) is 70.6 Å². The number of benzene rings is 2. The molecule has 5 nitrogen and oxygen atoms in total. The molecule has 0 fully saturated rings. The summed E-state index contributed by atoms with van der Waals surface area (Å²) in [6.45, 7) is 5.70. The maximum Gasteiger partial charge on any atom is 0.251 e. The predicted octanol–water partition coefficient (Wildman–Crippen LogP) is 3.57. The minimum absolute atomic E-state index is 0.00764. The highest BCUT2D eigenvalue weighted by atomic mass is 16.5. The Morgan fingerprint density at radius 3 is 2.52 bits per heavy atom. The first-order valence-corrected chi connectivity index (χ1v) is 10.5. The molecule has 0 aliphatic carbocycles. The molecule has 3 N–H and O–H groups in total. The standard InChI is InChI=1S/C24H34N2O3/c1-3-4-16-25-24(28)21-14-12-20(13-15-21)11-10-19(2)26-17-22(27)18-29-23-8-6-5-7-9-23/h5-9,12-15,19,22,26-27H,3-4,10-11,16-18H2,1-2H3,(H,25,28)/t19-,22+/m1/s1. The Kier molecular flexibility index (Phi) is 10.2. The first-order chi connectivity index (χ1) is 14.1. The highest BCUT2D eigenvalue weighted by molar-refractivity contribution is 5.94. The first kappa shape index (κ1) is 22.9. The molecular formula is C24H34N2O3. The van der Waals surface area contributed by atoms with E-state index in [1.54, 1.807) is 0 Å². The van der Waals surface area contributed by atoms with E-state index in [-0.39, 0.29) is 18.6 Å². The lowest BCUT2D eigenvalue weighted by Crippen LogP contribution is -2.36. The first-order valence-electron chi connectivity index (χ1n) is 10.5. The van der Waals surface area contributed by atoms with E-state index in [4.69, 9.17) is 4.74 Å². The molecule has 0 saturated heterocycles. The lowest BCUT2D eigenvalue weighted by atomic mass is 10.0. The van der Waals surface area contributed by atoms with Crippen molar-refractivity contribution >= 4 is 5.91 Å². The molecular weight excluding hydrogens is 364 g/mol. The van der Waals surface area contributed by atoms with Crippen molar-refractivity contribution in [3.05, 3.63) is 65.7 Å². The highest BCUT2D eigenvalue weighted by Gasteiger charge is 2.09. The molecule has 0 bridgehead atoms. The third-order valence-electron chi connectivity index (χ3n) is 4.79. The van der Waals surface area contributed by atoms with Gasteiger partial charge in [0.25, 0.3) is 5.91 Å². The van der Waals surface area contributed by atoms with Gasteiger partial charge in [-0.3, -0.25) is 4.79 Å². The molecule has 0 radical (unpaired) electrons. The van der Waals surface area contributed by atoms with Gasteiger partial charge in [-0.2, -0.15) is 0 Å². The summed E-state index contributed by atoms with van der Waals surface area (Å²) in [5, 5.41) is 16.4. The van der Waals surface area contributed by atoms with Gasteiger partial charge in [0.2, 0.25) is 0 Å². The van der Waals surface area contributed by atoms with Crippen LogP contribution in [0.15, 0.2) is 54.6 Å². The summed E-state index contributed by atoms with van der Waals surface area (Å²) in [6, 6.07) is 17.6. The van der Waals surface area contributed by atoms with Crippen molar-refractivity contribution in [1.29, 1.82) is 0 Å². The lowest BCUT2D eigenvalue weighted by Gasteiger charge is -2.17. The summed E-state index contributed by atoms with van der Waals surface area (Å²) >= 11 is 0. The van der Waals surface area contributed by atoms with Crippen LogP contribution in [0.2, 0.25) is 0 Å². The Balaban J connectivity index is 1.64. The van der Waals surface area contributed by atoms with Crippen LogP contribution >= 0.6 is 0 Å². The van der Waals surface area contributed by atoms with Crippen molar-refractivity contribution in [3.63, 3.8) is 0 Å². The number of carbonyl (C=O) groups excluding carboxylic acids is 1. The Labute approximate surface area is 174 Å². The van der Waals surface area contributed by atoms with E-state index in [0.717, 1.165) is 38.0 Å². The maximum absolute atomic E-state index is 12.0. The average Bonchev–Trinajstić information content (AvgIpc) is 2.76. The summed E-state index contributed by atoms with van der Waals surface area (Å²) in [7, 11) is 0. The number of aliphatic hydroxyl groups is 1. The molecule has 2 rings (SSSR count). The molecule has 29 heavy (non-hydrogen) atoms. The SMILES string of the molecule is CCCCNC(=O)c1ccc(CC[C@@H](C)NC[C@H](O)COc2ccccc2)cc1. The molecule has 0 saturated carbocycles. The Bertz CT molecular complexity index is 704. The van der Waals surface area contributed by atoms with Gasteiger partial charge in [-0.25, -0.2) is 0 Å². The van der Waals surface area contributed by atoms with Crippen molar-refractivity contribution in [1.82, 2.24) is 10.6 Å². The number of carbonyl (C=O) groups is 1. The smallest absolute Gasteiger partial charge is 0.251 e. The quantitative estimate of drug-likeness (QED) is 0.451. The number of amides is 1. The number of ether oxygens (including phenoxy) is 1. The average molecular weight is 399 g/mol. The molecule has 0 aliphatic heterocycles. The van der Waals surface area contributed by atoms with Crippen LogP contribution in [0, 0.1) is 0 Å². The van der Waals surface area contributed by atoms with Gasteiger partial charge in [0, 0.05) is 24.7 Å². The van der Waals surface area contributed by atoms with E-state index >= 15 is 0 Å². The summed E-state index contributed by atoms with van der Waals surface area (Å²) in [4.78, 5) is 12.0. The fourth-order valence-electron chi connectivity index (χ4n) is 2.89. The van der Waals surface area contributed by atoms with Crippen molar-refractivity contribution in [3.8, 4) is 5.75 Å². The number of aliphatic hydroxyl groups excluding tert-OH is 1. The third kappa shape index (κ3) is 9.11. The number of aryl methyl sites for hydroxylation is 1. The Morgan fingerprint density at radius 2 is 1.83 bits per heavy atom. The normalized spacial score (nSPS) is 12.9. The summed E-state index contributed by atoms with van der Waals surface area (Å²) in [5.41, 5.74) is 1.91. The number of nitrogens with one attached hydrogen (secondary N) is 2.